The monoisotopic (exact) mass is 298 g/mol. The van der Waals surface area contributed by atoms with Crippen LogP contribution in [0, 0.1) is 0 Å². The average molecular weight is 299 g/mol. The summed E-state index contributed by atoms with van der Waals surface area (Å²) in [7, 11) is 0. The molecule has 106 valence electrons. The van der Waals surface area contributed by atoms with Crippen molar-refractivity contribution in [2.45, 2.75) is 13.5 Å². The van der Waals surface area contributed by atoms with Gasteiger partial charge in [0.2, 0.25) is 5.28 Å². The molecular weight excluding hydrogens is 284 g/mol. The van der Waals surface area contributed by atoms with E-state index in [9.17, 15) is 0 Å². The standard InChI is InChI=1S/C16H15ClN4/c1-2-21(11-12-7-5-6-10-18-12)15-13-8-3-4-9-14(13)19-16(17)20-15/h3-10H,2,11H2,1H3. The predicted molar refractivity (Wildman–Crippen MR) is 85.5 cm³/mol. The molecule has 0 bridgehead atoms. The smallest absolute Gasteiger partial charge is 0.224 e. The first-order chi connectivity index (χ1) is 10.3. The Kier molecular flexibility index (Phi) is 3.97. The van der Waals surface area contributed by atoms with Gasteiger partial charge in [0.05, 0.1) is 17.8 Å². The molecule has 2 heterocycles. The van der Waals surface area contributed by atoms with Gasteiger partial charge in [0, 0.05) is 18.1 Å². The van der Waals surface area contributed by atoms with Crippen molar-refractivity contribution in [3.05, 3.63) is 59.6 Å². The van der Waals surface area contributed by atoms with Crippen LogP contribution in [0.1, 0.15) is 12.6 Å². The summed E-state index contributed by atoms with van der Waals surface area (Å²) >= 11 is 6.06. The summed E-state index contributed by atoms with van der Waals surface area (Å²) in [6.45, 7) is 3.59. The molecule has 3 rings (SSSR count). The lowest BCUT2D eigenvalue weighted by molar-refractivity contribution is 0.796. The first kappa shape index (κ1) is 13.8. The number of benzene rings is 1. The lowest BCUT2D eigenvalue weighted by Crippen LogP contribution is -2.24. The number of aromatic nitrogens is 3. The lowest BCUT2D eigenvalue weighted by Gasteiger charge is -2.23. The molecule has 0 unspecified atom stereocenters. The van der Waals surface area contributed by atoms with Crippen molar-refractivity contribution in [3.8, 4) is 0 Å². The van der Waals surface area contributed by atoms with Gasteiger partial charge in [0.25, 0.3) is 0 Å². The van der Waals surface area contributed by atoms with Gasteiger partial charge < -0.3 is 4.90 Å². The molecule has 0 amide bonds. The van der Waals surface area contributed by atoms with Crippen LogP contribution in [-0.4, -0.2) is 21.5 Å². The van der Waals surface area contributed by atoms with E-state index in [1.807, 2.05) is 42.5 Å². The maximum absolute atomic E-state index is 6.06. The topological polar surface area (TPSA) is 41.9 Å². The maximum atomic E-state index is 6.06. The summed E-state index contributed by atoms with van der Waals surface area (Å²) in [5.41, 5.74) is 1.85. The van der Waals surface area contributed by atoms with Gasteiger partial charge >= 0.3 is 0 Å². The predicted octanol–water partition coefficient (Wildman–Crippen LogP) is 3.70. The normalized spacial score (nSPS) is 10.8. The first-order valence-electron chi connectivity index (χ1n) is 6.85. The SMILES string of the molecule is CCN(Cc1ccccn1)c1nc(Cl)nc2ccccc12. The van der Waals surface area contributed by atoms with E-state index >= 15 is 0 Å². The minimum atomic E-state index is 0.267. The van der Waals surface area contributed by atoms with Crippen LogP contribution in [0.5, 0.6) is 0 Å². The van der Waals surface area contributed by atoms with Crippen molar-refractivity contribution in [1.29, 1.82) is 0 Å². The number of hydrogen-bond donors (Lipinski definition) is 0. The average Bonchev–Trinajstić information content (AvgIpc) is 2.53. The summed E-state index contributed by atoms with van der Waals surface area (Å²) in [6, 6.07) is 13.8. The van der Waals surface area contributed by atoms with E-state index in [1.165, 1.54) is 0 Å². The fraction of sp³-hybridized carbons (Fsp3) is 0.188. The van der Waals surface area contributed by atoms with E-state index in [4.69, 9.17) is 11.6 Å². The van der Waals surface area contributed by atoms with Crippen molar-refractivity contribution in [3.63, 3.8) is 0 Å². The highest BCUT2D eigenvalue weighted by molar-refractivity contribution is 6.28. The van der Waals surface area contributed by atoms with E-state index in [1.54, 1.807) is 6.20 Å². The number of pyridine rings is 1. The Morgan fingerprint density at radius 3 is 2.62 bits per heavy atom. The third-order valence-corrected chi connectivity index (χ3v) is 3.49. The molecule has 0 saturated heterocycles. The van der Waals surface area contributed by atoms with Gasteiger partial charge in [-0.15, -0.1) is 0 Å². The second-order valence-electron chi connectivity index (χ2n) is 4.67. The van der Waals surface area contributed by atoms with Crippen molar-refractivity contribution >= 4 is 28.3 Å². The Morgan fingerprint density at radius 2 is 1.86 bits per heavy atom. The van der Waals surface area contributed by atoms with Gasteiger partial charge in [-0.25, -0.2) is 4.98 Å². The number of fused-ring (bicyclic) bond motifs is 1. The maximum Gasteiger partial charge on any atom is 0.224 e. The van der Waals surface area contributed by atoms with Gasteiger partial charge in [-0.05, 0) is 42.8 Å². The van der Waals surface area contributed by atoms with Crippen LogP contribution in [0.15, 0.2) is 48.7 Å². The van der Waals surface area contributed by atoms with E-state index in [0.29, 0.717) is 6.54 Å². The van der Waals surface area contributed by atoms with Crippen LogP contribution >= 0.6 is 11.6 Å². The molecule has 0 fully saturated rings. The molecule has 0 spiro atoms. The summed E-state index contributed by atoms with van der Waals surface area (Å²) in [6.07, 6.45) is 1.80. The zero-order valence-electron chi connectivity index (χ0n) is 11.7. The molecule has 1 aromatic carbocycles. The van der Waals surface area contributed by atoms with Gasteiger partial charge in [0.15, 0.2) is 0 Å². The van der Waals surface area contributed by atoms with Gasteiger partial charge in [0.1, 0.15) is 5.82 Å². The Morgan fingerprint density at radius 1 is 1.05 bits per heavy atom. The molecule has 0 N–H and O–H groups in total. The van der Waals surface area contributed by atoms with E-state index in [2.05, 4.69) is 26.8 Å². The van der Waals surface area contributed by atoms with Crippen LogP contribution < -0.4 is 4.90 Å². The summed E-state index contributed by atoms with van der Waals surface area (Å²) in [4.78, 5) is 15.2. The zero-order chi connectivity index (χ0) is 14.7. The minimum Gasteiger partial charge on any atom is -0.350 e. The number of para-hydroxylation sites is 1. The molecule has 2 aromatic heterocycles. The number of nitrogens with zero attached hydrogens (tertiary/aromatic N) is 4. The van der Waals surface area contributed by atoms with E-state index in [0.717, 1.165) is 29.0 Å². The Labute approximate surface area is 128 Å². The first-order valence-corrected chi connectivity index (χ1v) is 7.23. The van der Waals surface area contributed by atoms with E-state index < -0.39 is 0 Å². The van der Waals surface area contributed by atoms with Crippen molar-refractivity contribution < 1.29 is 0 Å². The second kappa shape index (κ2) is 6.06. The summed E-state index contributed by atoms with van der Waals surface area (Å²) in [5.74, 6) is 0.846. The van der Waals surface area contributed by atoms with Crippen molar-refractivity contribution in [1.82, 2.24) is 15.0 Å². The fourth-order valence-electron chi connectivity index (χ4n) is 2.30. The summed E-state index contributed by atoms with van der Waals surface area (Å²) < 4.78 is 0. The molecule has 21 heavy (non-hydrogen) atoms. The molecule has 0 aliphatic rings. The highest BCUT2D eigenvalue weighted by Gasteiger charge is 2.13. The largest absolute Gasteiger partial charge is 0.350 e. The lowest BCUT2D eigenvalue weighted by atomic mass is 10.2. The second-order valence-corrected chi connectivity index (χ2v) is 5.01. The number of halogens is 1. The third-order valence-electron chi connectivity index (χ3n) is 3.32. The zero-order valence-corrected chi connectivity index (χ0v) is 12.5. The van der Waals surface area contributed by atoms with Crippen molar-refractivity contribution in [2.24, 2.45) is 0 Å². The number of hydrogen-bond acceptors (Lipinski definition) is 4. The number of anilines is 1. The molecular formula is C16H15ClN4. The van der Waals surface area contributed by atoms with Crippen LogP contribution in [0.2, 0.25) is 5.28 Å². The molecule has 0 saturated carbocycles. The molecule has 0 atom stereocenters. The Hall–Kier alpha value is -2.20. The molecule has 5 heteroatoms. The van der Waals surface area contributed by atoms with Gasteiger partial charge in [-0.1, -0.05) is 18.2 Å². The number of rotatable bonds is 4. The van der Waals surface area contributed by atoms with Gasteiger partial charge in [-0.2, -0.15) is 4.98 Å². The molecule has 0 aliphatic heterocycles. The molecule has 3 aromatic rings. The van der Waals surface area contributed by atoms with Crippen LogP contribution in [0.4, 0.5) is 5.82 Å². The highest BCUT2D eigenvalue weighted by atomic mass is 35.5. The molecule has 0 radical (unpaired) electrons. The Balaban J connectivity index is 2.04. The van der Waals surface area contributed by atoms with Gasteiger partial charge in [-0.3, -0.25) is 4.98 Å². The minimum absolute atomic E-state index is 0.267. The third kappa shape index (κ3) is 2.95. The molecule has 4 nitrogen and oxygen atoms in total. The quantitative estimate of drug-likeness (QED) is 0.689. The Bertz CT molecular complexity index is 746. The van der Waals surface area contributed by atoms with Crippen LogP contribution in [0.3, 0.4) is 0 Å². The molecule has 0 aliphatic carbocycles. The summed E-state index contributed by atoms with van der Waals surface area (Å²) in [5, 5.41) is 1.27. The van der Waals surface area contributed by atoms with E-state index in [-0.39, 0.29) is 5.28 Å². The fourth-order valence-corrected chi connectivity index (χ4v) is 2.47. The highest BCUT2D eigenvalue weighted by Crippen LogP contribution is 2.26. The van der Waals surface area contributed by atoms with Crippen molar-refractivity contribution in [2.75, 3.05) is 11.4 Å². The van der Waals surface area contributed by atoms with Crippen LogP contribution in [-0.2, 0) is 6.54 Å². The van der Waals surface area contributed by atoms with Crippen LogP contribution in [0.25, 0.3) is 10.9 Å².